The van der Waals surface area contributed by atoms with Gasteiger partial charge in [0.15, 0.2) is 16.2 Å². The molecule has 0 aliphatic rings. The van der Waals surface area contributed by atoms with Crippen LogP contribution in [0.3, 0.4) is 0 Å². The van der Waals surface area contributed by atoms with Crippen LogP contribution in [0, 0.1) is 0 Å². The molecular weight excluding hydrogens is 482 g/mol. The molecule has 0 radical (unpaired) electrons. The fraction of sp³-hybridized carbons (Fsp3) is 0.0526. The number of phenols is 2. The Balaban J connectivity index is 2.65. The van der Waals surface area contributed by atoms with Gasteiger partial charge < -0.3 is 10.2 Å². The Morgan fingerprint density at radius 1 is 0.793 bits per heavy atom. The maximum atomic E-state index is 13.0. The van der Waals surface area contributed by atoms with Crippen molar-refractivity contribution in [2.24, 2.45) is 0 Å². The highest BCUT2D eigenvalue weighted by Crippen LogP contribution is 2.53. The van der Waals surface area contributed by atoms with E-state index in [0.717, 1.165) is 6.07 Å². The Hall–Kier alpha value is -1.67. The zero-order valence-electron chi connectivity index (χ0n) is 14.3. The average Bonchev–Trinajstić information content (AvgIpc) is 2.62. The van der Waals surface area contributed by atoms with Gasteiger partial charge in [-0.1, -0.05) is 76.7 Å². The summed E-state index contributed by atoms with van der Waals surface area (Å²) in [5.74, 6) is -1.46. The van der Waals surface area contributed by atoms with Gasteiger partial charge >= 0.3 is 0 Å². The minimum atomic E-state index is -5.07. The summed E-state index contributed by atoms with van der Waals surface area (Å²) >= 11 is 24.7. The first-order chi connectivity index (χ1) is 13.5. The lowest BCUT2D eigenvalue weighted by molar-refractivity contribution is 0.402. The molecule has 5 nitrogen and oxygen atoms in total. The maximum Gasteiger partial charge on any atom is 0.283 e. The summed E-state index contributed by atoms with van der Waals surface area (Å²) < 4.78 is 34.1. The first-order valence-electron chi connectivity index (χ1n) is 7.89. The van der Waals surface area contributed by atoms with E-state index in [1.165, 1.54) is 30.3 Å². The van der Waals surface area contributed by atoms with E-state index in [2.05, 4.69) is 0 Å². The first-order valence-corrected chi connectivity index (χ1v) is 10.8. The molecule has 0 saturated carbocycles. The molecule has 0 aromatic heterocycles. The quantitative estimate of drug-likeness (QED) is 0.239. The van der Waals surface area contributed by atoms with Gasteiger partial charge in [0.1, 0.15) is 0 Å². The molecule has 0 bridgehead atoms. The summed E-state index contributed by atoms with van der Waals surface area (Å²) in [4.78, 5) is 0. The highest BCUT2D eigenvalue weighted by molar-refractivity contribution is 7.87. The van der Waals surface area contributed by atoms with Crippen LogP contribution in [0.4, 0.5) is 0 Å². The summed E-state index contributed by atoms with van der Waals surface area (Å²) in [6.45, 7) is 0. The predicted octanol–water partition coefficient (Wildman–Crippen LogP) is 5.89. The van der Waals surface area contributed by atoms with Crippen molar-refractivity contribution in [1.82, 2.24) is 0 Å². The second-order valence-electron chi connectivity index (χ2n) is 6.10. The SMILES string of the molecule is O=S(=O)(O)C(c1ccccc1)(c1cc(Cl)cc(Cl)c1)c1c(Cl)cc(O)c(O)c1Cl. The van der Waals surface area contributed by atoms with Gasteiger partial charge in [0.25, 0.3) is 10.1 Å². The summed E-state index contributed by atoms with van der Waals surface area (Å²) in [5, 5.41) is 19.3. The Morgan fingerprint density at radius 3 is 1.86 bits per heavy atom. The Kier molecular flexibility index (Phi) is 5.98. The van der Waals surface area contributed by atoms with E-state index in [-0.39, 0.29) is 31.8 Å². The molecule has 29 heavy (non-hydrogen) atoms. The van der Waals surface area contributed by atoms with Crippen LogP contribution >= 0.6 is 46.4 Å². The van der Waals surface area contributed by atoms with Crippen molar-refractivity contribution in [3.63, 3.8) is 0 Å². The van der Waals surface area contributed by atoms with Gasteiger partial charge in [-0.15, -0.1) is 0 Å². The minimum Gasteiger partial charge on any atom is -0.504 e. The number of hydrogen-bond acceptors (Lipinski definition) is 4. The fourth-order valence-electron chi connectivity index (χ4n) is 3.23. The van der Waals surface area contributed by atoms with Crippen LogP contribution in [0.25, 0.3) is 0 Å². The van der Waals surface area contributed by atoms with Gasteiger partial charge in [-0.25, -0.2) is 0 Å². The van der Waals surface area contributed by atoms with Crippen molar-refractivity contribution in [2.75, 3.05) is 0 Å². The van der Waals surface area contributed by atoms with Crippen molar-refractivity contribution < 1.29 is 23.2 Å². The second kappa shape index (κ2) is 7.87. The van der Waals surface area contributed by atoms with Gasteiger partial charge in [0.05, 0.1) is 10.0 Å². The molecule has 3 rings (SSSR count). The normalized spacial score (nSPS) is 13.8. The third-order valence-electron chi connectivity index (χ3n) is 4.36. The number of aromatic hydroxyl groups is 2. The zero-order valence-corrected chi connectivity index (χ0v) is 18.1. The van der Waals surface area contributed by atoms with E-state index >= 15 is 0 Å². The van der Waals surface area contributed by atoms with Crippen LogP contribution in [0.15, 0.2) is 54.6 Å². The van der Waals surface area contributed by atoms with Crippen molar-refractivity contribution in [2.45, 2.75) is 4.75 Å². The fourth-order valence-corrected chi connectivity index (χ4v) is 5.92. The average molecular weight is 494 g/mol. The van der Waals surface area contributed by atoms with Crippen molar-refractivity contribution in [3.8, 4) is 11.5 Å². The van der Waals surface area contributed by atoms with E-state index in [1.807, 2.05) is 0 Å². The lowest BCUT2D eigenvalue weighted by Crippen LogP contribution is -2.39. The molecule has 0 aliphatic heterocycles. The predicted molar refractivity (Wildman–Crippen MR) is 114 cm³/mol. The summed E-state index contributed by atoms with van der Waals surface area (Å²) in [6, 6.07) is 12.5. The monoisotopic (exact) mass is 492 g/mol. The Morgan fingerprint density at radius 2 is 1.34 bits per heavy atom. The molecule has 3 aromatic carbocycles. The molecule has 0 heterocycles. The third kappa shape index (κ3) is 3.65. The molecule has 0 aliphatic carbocycles. The molecule has 0 spiro atoms. The largest absolute Gasteiger partial charge is 0.504 e. The zero-order chi connectivity index (χ0) is 21.6. The standard InChI is InChI=1S/C19H12Cl4O5S/c20-12-6-11(7-13(21)8-12)19(29(26,27)28,10-4-2-1-3-5-10)16-14(22)9-15(24)18(25)17(16)23/h1-9,24-25H,(H,26,27,28). The highest BCUT2D eigenvalue weighted by Gasteiger charge is 2.51. The van der Waals surface area contributed by atoms with Gasteiger partial charge in [-0.2, -0.15) is 8.42 Å². The molecule has 1 unspecified atom stereocenters. The topological polar surface area (TPSA) is 94.8 Å². The van der Waals surface area contributed by atoms with E-state index < -0.39 is 31.4 Å². The molecule has 3 aromatic rings. The first kappa shape index (κ1) is 22.0. The summed E-state index contributed by atoms with van der Waals surface area (Å²) in [6.07, 6.45) is 0. The summed E-state index contributed by atoms with van der Waals surface area (Å²) in [5.41, 5.74) is -0.393. The van der Waals surface area contributed by atoms with Crippen molar-refractivity contribution in [3.05, 3.63) is 91.4 Å². The highest BCUT2D eigenvalue weighted by atomic mass is 35.5. The van der Waals surface area contributed by atoms with Crippen molar-refractivity contribution >= 4 is 56.5 Å². The van der Waals surface area contributed by atoms with Gasteiger partial charge in [-0.3, -0.25) is 4.55 Å². The van der Waals surface area contributed by atoms with Gasteiger partial charge in [0, 0.05) is 21.7 Å². The molecule has 10 heteroatoms. The maximum absolute atomic E-state index is 13.0. The number of benzene rings is 3. The third-order valence-corrected chi connectivity index (χ3v) is 6.91. The number of phenolic OH excluding ortho intramolecular Hbond substituents is 2. The molecule has 3 N–H and O–H groups in total. The van der Waals surface area contributed by atoms with E-state index in [1.54, 1.807) is 18.2 Å². The summed E-state index contributed by atoms with van der Waals surface area (Å²) in [7, 11) is -5.07. The van der Waals surface area contributed by atoms with Gasteiger partial charge in [0.2, 0.25) is 0 Å². The second-order valence-corrected chi connectivity index (χ2v) is 9.32. The lowest BCUT2D eigenvalue weighted by Gasteiger charge is -2.34. The number of hydrogen-bond donors (Lipinski definition) is 3. The van der Waals surface area contributed by atoms with Gasteiger partial charge in [-0.05, 0) is 29.3 Å². The Labute approximate surface area is 186 Å². The molecule has 0 fully saturated rings. The molecule has 0 amide bonds. The minimum absolute atomic E-state index is 0.0507. The van der Waals surface area contributed by atoms with E-state index in [4.69, 9.17) is 46.4 Å². The van der Waals surface area contributed by atoms with Crippen LogP contribution in [0.2, 0.25) is 20.1 Å². The molecular formula is C19H12Cl4O5S. The number of rotatable bonds is 4. The van der Waals surface area contributed by atoms with Crippen LogP contribution < -0.4 is 0 Å². The Bertz CT molecular complexity index is 1180. The molecule has 1 atom stereocenters. The van der Waals surface area contributed by atoms with Crippen molar-refractivity contribution in [1.29, 1.82) is 0 Å². The smallest absolute Gasteiger partial charge is 0.283 e. The van der Waals surface area contributed by atoms with Crippen LogP contribution in [-0.4, -0.2) is 23.2 Å². The lowest BCUT2D eigenvalue weighted by atomic mass is 9.83. The number of halogens is 4. The molecule has 152 valence electrons. The van der Waals surface area contributed by atoms with E-state index in [9.17, 15) is 23.2 Å². The van der Waals surface area contributed by atoms with Crippen LogP contribution in [-0.2, 0) is 14.9 Å². The van der Waals surface area contributed by atoms with Crippen LogP contribution in [0.5, 0.6) is 11.5 Å². The van der Waals surface area contributed by atoms with Crippen LogP contribution in [0.1, 0.15) is 16.7 Å². The van der Waals surface area contributed by atoms with E-state index in [0.29, 0.717) is 0 Å². The molecule has 0 saturated heterocycles.